The van der Waals surface area contributed by atoms with Crippen molar-refractivity contribution in [2.24, 2.45) is 0 Å². The second kappa shape index (κ2) is 7.21. The topological polar surface area (TPSA) is 43.7 Å². The fourth-order valence-corrected chi connectivity index (χ4v) is 1.44. The van der Waals surface area contributed by atoms with Gasteiger partial charge < -0.3 is 15.1 Å². The zero-order chi connectivity index (χ0) is 11.0. The first-order chi connectivity index (χ1) is 6.52. The lowest BCUT2D eigenvalue weighted by Gasteiger charge is -2.27. The monoisotopic (exact) mass is 203 g/mol. The normalized spacial score (nSPS) is 15.9. The summed E-state index contributed by atoms with van der Waals surface area (Å²) in [7, 11) is 2.03. The SMILES string of the molecule is CCC(C)(O)CN(C)CCCCCO. The molecule has 0 heterocycles. The third kappa shape index (κ3) is 7.30. The van der Waals surface area contributed by atoms with E-state index in [2.05, 4.69) is 4.90 Å². The Morgan fingerprint density at radius 1 is 1.21 bits per heavy atom. The zero-order valence-electron chi connectivity index (χ0n) is 9.79. The second-order valence-corrected chi connectivity index (χ2v) is 4.37. The van der Waals surface area contributed by atoms with E-state index in [1.165, 1.54) is 0 Å². The predicted octanol–water partition coefficient (Wildman–Crippen LogP) is 1.24. The van der Waals surface area contributed by atoms with Gasteiger partial charge in [0.25, 0.3) is 0 Å². The average molecular weight is 203 g/mol. The molecule has 0 spiro atoms. The number of aliphatic hydroxyl groups is 2. The molecule has 0 aromatic rings. The van der Waals surface area contributed by atoms with Gasteiger partial charge in [0.05, 0.1) is 5.60 Å². The molecule has 86 valence electrons. The average Bonchev–Trinajstić information content (AvgIpc) is 2.12. The summed E-state index contributed by atoms with van der Waals surface area (Å²) < 4.78 is 0. The Labute approximate surface area is 87.7 Å². The molecule has 14 heavy (non-hydrogen) atoms. The maximum atomic E-state index is 9.81. The zero-order valence-corrected chi connectivity index (χ0v) is 9.79. The molecule has 0 amide bonds. The first-order valence-electron chi connectivity index (χ1n) is 5.53. The predicted molar refractivity (Wildman–Crippen MR) is 59.3 cm³/mol. The van der Waals surface area contributed by atoms with E-state index < -0.39 is 5.60 Å². The van der Waals surface area contributed by atoms with E-state index in [1.807, 2.05) is 20.9 Å². The molecule has 0 aliphatic heterocycles. The van der Waals surface area contributed by atoms with Gasteiger partial charge in [0.15, 0.2) is 0 Å². The fraction of sp³-hybridized carbons (Fsp3) is 1.00. The van der Waals surface area contributed by atoms with Gasteiger partial charge in [-0.2, -0.15) is 0 Å². The highest BCUT2D eigenvalue weighted by Crippen LogP contribution is 2.10. The van der Waals surface area contributed by atoms with Crippen LogP contribution in [0.15, 0.2) is 0 Å². The highest BCUT2D eigenvalue weighted by Gasteiger charge is 2.19. The summed E-state index contributed by atoms with van der Waals surface area (Å²) in [6, 6.07) is 0. The van der Waals surface area contributed by atoms with Crippen molar-refractivity contribution in [3.05, 3.63) is 0 Å². The lowest BCUT2D eigenvalue weighted by molar-refractivity contribution is 0.0233. The molecule has 3 heteroatoms. The molecule has 3 nitrogen and oxygen atoms in total. The lowest BCUT2D eigenvalue weighted by atomic mass is 10.0. The van der Waals surface area contributed by atoms with E-state index in [0.717, 1.165) is 38.8 Å². The van der Waals surface area contributed by atoms with E-state index in [-0.39, 0.29) is 6.61 Å². The number of aliphatic hydroxyl groups excluding tert-OH is 1. The Morgan fingerprint density at radius 2 is 1.86 bits per heavy atom. The van der Waals surface area contributed by atoms with Gasteiger partial charge in [-0.1, -0.05) is 6.92 Å². The van der Waals surface area contributed by atoms with Gasteiger partial charge in [-0.3, -0.25) is 0 Å². The maximum absolute atomic E-state index is 9.81. The third-order valence-electron chi connectivity index (χ3n) is 2.57. The minimum atomic E-state index is -0.564. The summed E-state index contributed by atoms with van der Waals surface area (Å²) in [5, 5.41) is 18.4. The van der Waals surface area contributed by atoms with Crippen LogP contribution in [-0.2, 0) is 0 Å². The standard InChI is InChI=1S/C11H25NO2/c1-4-11(2,14)10-12(3)8-6-5-7-9-13/h13-14H,4-10H2,1-3H3. The molecule has 0 rings (SSSR count). The van der Waals surface area contributed by atoms with Crippen molar-refractivity contribution in [2.45, 2.75) is 45.1 Å². The number of hydrogen-bond donors (Lipinski definition) is 2. The van der Waals surface area contributed by atoms with Crippen LogP contribution in [-0.4, -0.2) is 47.5 Å². The van der Waals surface area contributed by atoms with Gasteiger partial charge in [-0.25, -0.2) is 0 Å². The van der Waals surface area contributed by atoms with Gasteiger partial charge in [0.1, 0.15) is 0 Å². The Kier molecular flexibility index (Phi) is 7.15. The van der Waals surface area contributed by atoms with Crippen LogP contribution in [0.1, 0.15) is 39.5 Å². The third-order valence-corrected chi connectivity index (χ3v) is 2.57. The number of unbranched alkanes of at least 4 members (excludes halogenated alkanes) is 2. The summed E-state index contributed by atoms with van der Waals surface area (Å²) in [4.78, 5) is 2.15. The molecule has 0 radical (unpaired) electrons. The summed E-state index contributed by atoms with van der Waals surface area (Å²) >= 11 is 0. The van der Waals surface area contributed by atoms with Crippen LogP contribution < -0.4 is 0 Å². The van der Waals surface area contributed by atoms with Gasteiger partial charge in [-0.05, 0) is 46.2 Å². The van der Waals surface area contributed by atoms with E-state index in [0.29, 0.717) is 0 Å². The Morgan fingerprint density at radius 3 is 2.36 bits per heavy atom. The first-order valence-corrected chi connectivity index (χ1v) is 5.53. The summed E-state index contributed by atoms with van der Waals surface area (Å²) in [6.07, 6.45) is 3.83. The molecular weight excluding hydrogens is 178 g/mol. The van der Waals surface area contributed by atoms with Crippen LogP contribution in [0.4, 0.5) is 0 Å². The van der Waals surface area contributed by atoms with Crippen LogP contribution in [0.2, 0.25) is 0 Å². The fourth-order valence-electron chi connectivity index (χ4n) is 1.44. The van der Waals surface area contributed by atoms with Crippen LogP contribution in [0.25, 0.3) is 0 Å². The molecule has 0 saturated heterocycles. The molecule has 0 aliphatic rings. The molecular formula is C11H25NO2. The van der Waals surface area contributed by atoms with Crippen molar-refractivity contribution in [3.8, 4) is 0 Å². The van der Waals surface area contributed by atoms with E-state index in [9.17, 15) is 5.11 Å². The molecule has 1 atom stereocenters. The highest BCUT2D eigenvalue weighted by atomic mass is 16.3. The highest BCUT2D eigenvalue weighted by molar-refractivity contribution is 4.73. The summed E-state index contributed by atoms with van der Waals surface area (Å²) in [6.45, 7) is 5.88. The van der Waals surface area contributed by atoms with Crippen LogP contribution in [0.3, 0.4) is 0 Å². The number of likely N-dealkylation sites (N-methyl/N-ethyl adjacent to an activating group) is 1. The minimum Gasteiger partial charge on any atom is -0.396 e. The van der Waals surface area contributed by atoms with Crippen LogP contribution in [0.5, 0.6) is 0 Å². The molecule has 0 aromatic heterocycles. The molecule has 0 aliphatic carbocycles. The van der Waals surface area contributed by atoms with E-state index in [1.54, 1.807) is 0 Å². The largest absolute Gasteiger partial charge is 0.396 e. The van der Waals surface area contributed by atoms with Gasteiger partial charge in [0.2, 0.25) is 0 Å². The number of hydrogen-bond acceptors (Lipinski definition) is 3. The van der Waals surface area contributed by atoms with Crippen molar-refractivity contribution in [3.63, 3.8) is 0 Å². The summed E-state index contributed by atoms with van der Waals surface area (Å²) in [5.41, 5.74) is -0.564. The summed E-state index contributed by atoms with van der Waals surface area (Å²) in [5.74, 6) is 0. The molecule has 0 aromatic carbocycles. The smallest absolute Gasteiger partial charge is 0.0743 e. The number of nitrogens with zero attached hydrogens (tertiary/aromatic N) is 1. The Hall–Kier alpha value is -0.120. The second-order valence-electron chi connectivity index (χ2n) is 4.37. The Bertz CT molecular complexity index is 137. The van der Waals surface area contributed by atoms with Gasteiger partial charge in [-0.15, -0.1) is 0 Å². The Balaban J connectivity index is 3.49. The lowest BCUT2D eigenvalue weighted by Crippen LogP contribution is -2.38. The number of rotatable bonds is 8. The maximum Gasteiger partial charge on any atom is 0.0743 e. The van der Waals surface area contributed by atoms with Crippen molar-refractivity contribution < 1.29 is 10.2 Å². The van der Waals surface area contributed by atoms with Crippen molar-refractivity contribution in [1.29, 1.82) is 0 Å². The quantitative estimate of drug-likeness (QED) is 0.583. The van der Waals surface area contributed by atoms with Crippen molar-refractivity contribution in [1.82, 2.24) is 4.90 Å². The van der Waals surface area contributed by atoms with Crippen LogP contribution in [0, 0.1) is 0 Å². The first kappa shape index (κ1) is 13.9. The van der Waals surface area contributed by atoms with Crippen molar-refractivity contribution >= 4 is 0 Å². The van der Waals surface area contributed by atoms with Gasteiger partial charge >= 0.3 is 0 Å². The molecule has 0 fully saturated rings. The molecule has 2 N–H and O–H groups in total. The van der Waals surface area contributed by atoms with Crippen LogP contribution >= 0.6 is 0 Å². The molecule has 0 bridgehead atoms. The van der Waals surface area contributed by atoms with Gasteiger partial charge in [0, 0.05) is 13.2 Å². The van der Waals surface area contributed by atoms with E-state index >= 15 is 0 Å². The van der Waals surface area contributed by atoms with Crippen molar-refractivity contribution in [2.75, 3.05) is 26.7 Å². The molecule has 1 unspecified atom stereocenters. The minimum absolute atomic E-state index is 0.288. The van der Waals surface area contributed by atoms with E-state index in [4.69, 9.17) is 5.11 Å². The molecule has 0 saturated carbocycles.